The van der Waals surface area contributed by atoms with Crippen LogP contribution in [0.15, 0.2) is 30.3 Å². The molecule has 18 heavy (non-hydrogen) atoms. The number of aromatic amines is 1. The number of nitrogens with one attached hydrogen (secondary N) is 1. The third kappa shape index (κ3) is 2.54. The molecule has 0 fully saturated rings. The topological polar surface area (TPSA) is 88.1 Å². The third-order valence-electron chi connectivity index (χ3n) is 2.35. The van der Waals surface area contributed by atoms with E-state index in [4.69, 9.17) is 4.74 Å². The quantitative estimate of drug-likeness (QED) is 0.789. The van der Waals surface area contributed by atoms with Crippen molar-refractivity contribution in [3.8, 4) is 0 Å². The SMILES string of the molecule is CCOC(=O)c1nnc([C@H](O)c2ccccc2)[nH]1. The summed E-state index contributed by atoms with van der Waals surface area (Å²) < 4.78 is 4.77. The van der Waals surface area contributed by atoms with Crippen LogP contribution < -0.4 is 0 Å². The molecule has 2 rings (SSSR count). The Morgan fingerprint density at radius 3 is 2.78 bits per heavy atom. The lowest BCUT2D eigenvalue weighted by Crippen LogP contribution is -2.07. The largest absolute Gasteiger partial charge is 0.460 e. The molecule has 0 aliphatic heterocycles. The van der Waals surface area contributed by atoms with Crippen LogP contribution >= 0.6 is 0 Å². The first-order valence-corrected chi connectivity index (χ1v) is 5.55. The molecule has 0 spiro atoms. The number of aliphatic hydroxyl groups excluding tert-OH is 1. The van der Waals surface area contributed by atoms with Crippen molar-refractivity contribution in [3.05, 3.63) is 47.5 Å². The highest BCUT2D eigenvalue weighted by atomic mass is 16.5. The predicted molar refractivity (Wildman–Crippen MR) is 62.8 cm³/mol. The Labute approximate surface area is 104 Å². The van der Waals surface area contributed by atoms with Crippen molar-refractivity contribution in [2.24, 2.45) is 0 Å². The van der Waals surface area contributed by atoms with Crippen LogP contribution in [-0.4, -0.2) is 32.9 Å². The molecule has 0 aliphatic rings. The summed E-state index contributed by atoms with van der Waals surface area (Å²) in [5, 5.41) is 17.4. The summed E-state index contributed by atoms with van der Waals surface area (Å²) in [5.74, 6) is -0.386. The number of aromatic nitrogens is 3. The fourth-order valence-corrected chi connectivity index (χ4v) is 1.48. The van der Waals surface area contributed by atoms with E-state index in [1.165, 1.54) is 0 Å². The molecule has 1 aromatic carbocycles. The van der Waals surface area contributed by atoms with Crippen molar-refractivity contribution >= 4 is 5.97 Å². The zero-order chi connectivity index (χ0) is 13.0. The molecule has 0 saturated heterocycles. The molecule has 2 N–H and O–H groups in total. The predicted octanol–water partition coefficient (Wildman–Crippen LogP) is 1.06. The van der Waals surface area contributed by atoms with Gasteiger partial charge in [-0.15, -0.1) is 10.2 Å². The standard InChI is InChI=1S/C12H13N3O3/c1-2-18-12(17)11-13-10(14-15-11)9(16)8-6-4-3-5-7-8/h3-7,9,16H,2H2,1H3,(H,13,14,15)/t9-/m1/s1. The van der Waals surface area contributed by atoms with Gasteiger partial charge in [-0.2, -0.15) is 0 Å². The van der Waals surface area contributed by atoms with Crippen molar-refractivity contribution < 1.29 is 14.6 Å². The van der Waals surface area contributed by atoms with E-state index in [-0.39, 0.29) is 18.3 Å². The summed E-state index contributed by atoms with van der Waals surface area (Å²) in [7, 11) is 0. The van der Waals surface area contributed by atoms with Crippen LogP contribution in [0.4, 0.5) is 0 Å². The minimum Gasteiger partial charge on any atom is -0.460 e. The van der Waals surface area contributed by atoms with E-state index in [1.807, 2.05) is 6.07 Å². The van der Waals surface area contributed by atoms with Gasteiger partial charge >= 0.3 is 5.97 Å². The van der Waals surface area contributed by atoms with Gasteiger partial charge in [-0.1, -0.05) is 30.3 Å². The molecule has 0 aliphatic carbocycles. The number of nitrogens with zero attached hydrogens (tertiary/aromatic N) is 2. The lowest BCUT2D eigenvalue weighted by molar-refractivity contribution is 0.0512. The number of esters is 1. The number of carbonyl (C=O) groups is 1. The molecule has 0 unspecified atom stereocenters. The minimum absolute atomic E-state index is 0.0122. The van der Waals surface area contributed by atoms with E-state index >= 15 is 0 Å². The lowest BCUT2D eigenvalue weighted by Gasteiger charge is -2.06. The highest BCUT2D eigenvalue weighted by Crippen LogP contribution is 2.17. The summed E-state index contributed by atoms with van der Waals surface area (Å²) in [6.45, 7) is 1.96. The van der Waals surface area contributed by atoms with E-state index in [0.29, 0.717) is 5.56 Å². The first-order chi connectivity index (χ1) is 8.72. The van der Waals surface area contributed by atoms with Crippen molar-refractivity contribution in [2.45, 2.75) is 13.0 Å². The highest BCUT2D eigenvalue weighted by molar-refractivity contribution is 5.84. The molecule has 0 amide bonds. The zero-order valence-electron chi connectivity index (χ0n) is 9.83. The molecule has 1 atom stereocenters. The lowest BCUT2D eigenvalue weighted by atomic mass is 10.1. The Bertz CT molecular complexity index is 524. The maximum absolute atomic E-state index is 11.4. The minimum atomic E-state index is -0.943. The first-order valence-electron chi connectivity index (χ1n) is 5.55. The first kappa shape index (κ1) is 12.3. The smallest absolute Gasteiger partial charge is 0.376 e. The molecule has 2 aromatic rings. The second-order valence-electron chi connectivity index (χ2n) is 3.59. The van der Waals surface area contributed by atoms with E-state index in [1.54, 1.807) is 31.2 Å². The molecule has 1 aromatic heterocycles. The molecule has 1 heterocycles. The second-order valence-corrected chi connectivity index (χ2v) is 3.59. The maximum Gasteiger partial charge on any atom is 0.376 e. The zero-order valence-corrected chi connectivity index (χ0v) is 9.83. The highest BCUT2D eigenvalue weighted by Gasteiger charge is 2.18. The number of rotatable bonds is 4. The van der Waals surface area contributed by atoms with Gasteiger partial charge in [-0.25, -0.2) is 4.79 Å². The molecular weight excluding hydrogens is 234 g/mol. The molecule has 0 bridgehead atoms. The van der Waals surface area contributed by atoms with Gasteiger partial charge in [-0.3, -0.25) is 0 Å². The summed E-state index contributed by atoms with van der Waals surface area (Å²) >= 11 is 0. The number of carbonyl (C=O) groups excluding carboxylic acids is 1. The van der Waals surface area contributed by atoms with Gasteiger partial charge in [0, 0.05) is 0 Å². The van der Waals surface area contributed by atoms with E-state index < -0.39 is 12.1 Å². The van der Waals surface area contributed by atoms with Crippen LogP contribution in [0.1, 0.15) is 35.0 Å². The van der Waals surface area contributed by atoms with Crippen molar-refractivity contribution in [3.63, 3.8) is 0 Å². The number of benzene rings is 1. The molecule has 0 radical (unpaired) electrons. The van der Waals surface area contributed by atoms with E-state index in [0.717, 1.165) is 0 Å². The number of hydrogen-bond acceptors (Lipinski definition) is 5. The third-order valence-corrected chi connectivity index (χ3v) is 2.35. The number of hydrogen-bond donors (Lipinski definition) is 2. The Kier molecular flexibility index (Phi) is 3.69. The Hall–Kier alpha value is -2.21. The Morgan fingerprint density at radius 2 is 2.11 bits per heavy atom. The Morgan fingerprint density at radius 1 is 1.39 bits per heavy atom. The fraction of sp³-hybridized carbons (Fsp3) is 0.250. The van der Waals surface area contributed by atoms with Gasteiger partial charge in [-0.05, 0) is 12.5 Å². The maximum atomic E-state index is 11.4. The van der Waals surface area contributed by atoms with Gasteiger partial charge < -0.3 is 14.8 Å². The van der Waals surface area contributed by atoms with Gasteiger partial charge in [0.1, 0.15) is 6.10 Å². The average Bonchev–Trinajstić information content (AvgIpc) is 2.89. The molecule has 0 saturated carbocycles. The van der Waals surface area contributed by atoms with Crippen LogP contribution in [0.3, 0.4) is 0 Å². The van der Waals surface area contributed by atoms with Crippen LogP contribution in [0, 0.1) is 0 Å². The van der Waals surface area contributed by atoms with Gasteiger partial charge in [0.25, 0.3) is 0 Å². The monoisotopic (exact) mass is 247 g/mol. The summed E-state index contributed by atoms with van der Waals surface area (Å²) in [6, 6.07) is 8.98. The number of aliphatic hydroxyl groups is 1. The molecule has 6 heteroatoms. The summed E-state index contributed by atoms with van der Waals surface area (Å²) in [5.41, 5.74) is 0.670. The fourth-order valence-electron chi connectivity index (χ4n) is 1.48. The van der Waals surface area contributed by atoms with Crippen LogP contribution in [-0.2, 0) is 4.74 Å². The second kappa shape index (κ2) is 5.42. The van der Waals surface area contributed by atoms with E-state index in [2.05, 4.69) is 15.2 Å². The normalized spacial score (nSPS) is 12.1. The average molecular weight is 247 g/mol. The van der Waals surface area contributed by atoms with Gasteiger partial charge in [0.2, 0.25) is 5.82 Å². The molecule has 94 valence electrons. The van der Waals surface area contributed by atoms with Gasteiger partial charge in [0.15, 0.2) is 5.82 Å². The van der Waals surface area contributed by atoms with Crippen LogP contribution in [0.5, 0.6) is 0 Å². The van der Waals surface area contributed by atoms with Crippen molar-refractivity contribution in [2.75, 3.05) is 6.61 Å². The molecular formula is C12H13N3O3. The molecule has 6 nitrogen and oxygen atoms in total. The summed E-state index contributed by atoms with van der Waals surface area (Å²) in [6.07, 6.45) is -0.943. The van der Waals surface area contributed by atoms with Crippen molar-refractivity contribution in [1.82, 2.24) is 15.2 Å². The van der Waals surface area contributed by atoms with Gasteiger partial charge in [0.05, 0.1) is 6.61 Å². The number of H-pyrrole nitrogens is 1. The summed E-state index contributed by atoms with van der Waals surface area (Å²) in [4.78, 5) is 14.0. The van der Waals surface area contributed by atoms with Crippen molar-refractivity contribution in [1.29, 1.82) is 0 Å². The van der Waals surface area contributed by atoms with E-state index in [9.17, 15) is 9.90 Å². The van der Waals surface area contributed by atoms with Crippen LogP contribution in [0.2, 0.25) is 0 Å². The van der Waals surface area contributed by atoms with Crippen LogP contribution in [0.25, 0.3) is 0 Å². The Balaban J connectivity index is 2.17. The number of ether oxygens (including phenoxy) is 1.